The number of ether oxygens (including phenoxy) is 4. The number of epoxide rings is 2. The van der Waals surface area contributed by atoms with Crippen LogP contribution in [0.4, 0.5) is 34.1 Å². The van der Waals surface area contributed by atoms with Crippen LogP contribution in [0.15, 0.2) is 164 Å². The van der Waals surface area contributed by atoms with E-state index in [4.69, 9.17) is 18.9 Å². The predicted molar refractivity (Wildman–Crippen MR) is 221 cm³/mol. The minimum atomic E-state index is -0.155. The Labute approximate surface area is 321 Å². The van der Waals surface area contributed by atoms with E-state index in [2.05, 4.69) is 149 Å². The Morgan fingerprint density at radius 1 is 0.436 bits per heavy atom. The third-order valence-electron chi connectivity index (χ3n) is 11.2. The van der Waals surface area contributed by atoms with E-state index >= 15 is 0 Å². The normalized spacial score (nSPS) is 19.9. The number of benzene rings is 7. The van der Waals surface area contributed by atoms with Gasteiger partial charge in [-0.15, -0.1) is 0 Å². The lowest BCUT2D eigenvalue weighted by atomic mass is 9.33. The fourth-order valence-electron chi connectivity index (χ4n) is 8.30. The van der Waals surface area contributed by atoms with E-state index in [-0.39, 0.29) is 31.5 Å². The second-order valence-electron chi connectivity index (χ2n) is 14.7. The molecule has 55 heavy (non-hydrogen) atoms. The first kappa shape index (κ1) is 32.2. The van der Waals surface area contributed by atoms with E-state index in [0.717, 1.165) is 45.1 Å². The van der Waals surface area contributed by atoms with Crippen molar-refractivity contribution >= 4 is 57.2 Å². The molecule has 7 heteroatoms. The van der Waals surface area contributed by atoms with E-state index in [9.17, 15) is 0 Å². The molecule has 0 aliphatic carbocycles. The standard InChI is InChI=1S/C48H37BN2O4/c1-30-47(52-30)54-38-22-16-32(17-23-38)34-20-26-40-44(28-34)50(36-10-5-3-6-11-36)42-14-9-15-43-46(42)49(40)41-27-21-35(29-45(41)51(43)37-12-7-4-8-13-37)33-18-24-39(25-19-33)55-48-31(2)53-48/h3-31,47-48H,1-2H3. The monoisotopic (exact) mass is 716 g/mol. The van der Waals surface area contributed by atoms with Crippen molar-refractivity contribution in [2.45, 2.75) is 38.6 Å². The van der Waals surface area contributed by atoms with Crippen LogP contribution >= 0.6 is 0 Å². The highest BCUT2D eigenvalue weighted by molar-refractivity contribution is 7.00. The number of hydrogen-bond acceptors (Lipinski definition) is 6. The van der Waals surface area contributed by atoms with Gasteiger partial charge in [-0.3, -0.25) is 0 Å². The smallest absolute Gasteiger partial charge is 0.252 e. The van der Waals surface area contributed by atoms with Crippen LogP contribution in [0.5, 0.6) is 11.5 Å². The molecule has 4 unspecified atom stereocenters. The molecule has 0 aromatic heterocycles. The molecule has 4 heterocycles. The summed E-state index contributed by atoms with van der Waals surface area (Å²) in [6.07, 6.45) is -0.0276. The number of nitrogens with zero attached hydrogens (tertiary/aromatic N) is 2. The average Bonchev–Trinajstić information content (AvgIpc) is 4.14. The summed E-state index contributed by atoms with van der Waals surface area (Å²) < 4.78 is 22.9. The van der Waals surface area contributed by atoms with Gasteiger partial charge in [0.1, 0.15) is 23.7 Å². The lowest BCUT2D eigenvalue weighted by molar-refractivity contribution is 0.178. The number of anilines is 6. The molecule has 4 aliphatic heterocycles. The lowest BCUT2D eigenvalue weighted by Gasteiger charge is -2.44. The Bertz CT molecular complexity index is 2390. The van der Waals surface area contributed by atoms with E-state index in [1.807, 2.05) is 38.1 Å². The van der Waals surface area contributed by atoms with E-state index < -0.39 is 0 Å². The molecule has 2 saturated heterocycles. The summed E-state index contributed by atoms with van der Waals surface area (Å²) in [5.41, 5.74) is 15.4. The Hall–Kier alpha value is -6.28. The van der Waals surface area contributed by atoms with Gasteiger partial charge in [0.25, 0.3) is 6.71 Å². The van der Waals surface area contributed by atoms with Gasteiger partial charge in [-0.1, -0.05) is 91.0 Å². The third kappa shape index (κ3) is 5.58. The molecule has 4 atom stereocenters. The van der Waals surface area contributed by atoms with Gasteiger partial charge in [0.05, 0.1) is 0 Å². The van der Waals surface area contributed by atoms with Crippen molar-refractivity contribution in [1.29, 1.82) is 0 Å². The minimum absolute atomic E-state index is 0.0202. The number of para-hydroxylation sites is 2. The molecule has 7 aromatic rings. The van der Waals surface area contributed by atoms with Crippen LogP contribution in [0.25, 0.3) is 22.3 Å². The van der Waals surface area contributed by atoms with Crippen LogP contribution in [0.1, 0.15) is 13.8 Å². The van der Waals surface area contributed by atoms with E-state index in [1.54, 1.807) is 0 Å². The summed E-state index contributed by atoms with van der Waals surface area (Å²) in [6.45, 7) is 4.07. The van der Waals surface area contributed by atoms with Crippen LogP contribution in [-0.4, -0.2) is 31.5 Å². The zero-order valence-corrected chi connectivity index (χ0v) is 30.5. The highest BCUT2D eigenvalue weighted by atomic mass is 16.8. The van der Waals surface area contributed by atoms with Crippen molar-refractivity contribution in [2.75, 3.05) is 9.80 Å². The molecule has 2 fully saturated rings. The van der Waals surface area contributed by atoms with Crippen LogP contribution in [-0.2, 0) is 9.47 Å². The fourth-order valence-corrected chi connectivity index (χ4v) is 8.30. The third-order valence-corrected chi connectivity index (χ3v) is 11.2. The first-order valence-corrected chi connectivity index (χ1v) is 19.0. The van der Waals surface area contributed by atoms with Crippen LogP contribution in [0, 0.1) is 0 Å². The number of fused-ring (bicyclic) bond motifs is 4. The van der Waals surface area contributed by atoms with Gasteiger partial charge in [-0.2, -0.15) is 0 Å². The summed E-state index contributed by atoms with van der Waals surface area (Å²) >= 11 is 0. The highest BCUT2D eigenvalue weighted by Gasteiger charge is 2.43. The molecule has 0 N–H and O–H groups in total. The van der Waals surface area contributed by atoms with Gasteiger partial charge in [0.2, 0.25) is 12.6 Å². The van der Waals surface area contributed by atoms with E-state index in [1.165, 1.54) is 39.1 Å². The van der Waals surface area contributed by atoms with Gasteiger partial charge < -0.3 is 28.7 Å². The van der Waals surface area contributed by atoms with Crippen LogP contribution in [0.3, 0.4) is 0 Å². The fraction of sp³-hybridized carbons (Fsp3) is 0.125. The van der Waals surface area contributed by atoms with Gasteiger partial charge in [-0.05, 0) is 125 Å². The second kappa shape index (κ2) is 12.7. The zero-order valence-electron chi connectivity index (χ0n) is 30.5. The molecular weight excluding hydrogens is 679 g/mol. The summed E-state index contributed by atoms with van der Waals surface area (Å²) in [5.74, 6) is 1.63. The molecule has 4 aliphatic rings. The quantitative estimate of drug-likeness (QED) is 0.115. The van der Waals surface area contributed by atoms with Crippen molar-refractivity contribution in [3.63, 3.8) is 0 Å². The second-order valence-corrected chi connectivity index (χ2v) is 14.7. The minimum Gasteiger partial charge on any atom is -0.462 e. The summed E-state index contributed by atoms with van der Waals surface area (Å²) in [5, 5.41) is 0. The van der Waals surface area contributed by atoms with Crippen molar-refractivity contribution in [3.8, 4) is 33.8 Å². The molecule has 0 radical (unpaired) electrons. The summed E-state index contributed by atoms with van der Waals surface area (Å²) in [6, 6.07) is 58.9. The zero-order chi connectivity index (χ0) is 36.6. The Balaban J connectivity index is 1.07. The molecule has 266 valence electrons. The topological polar surface area (TPSA) is 50.0 Å². The van der Waals surface area contributed by atoms with Gasteiger partial charge >= 0.3 is 0 Å². The molecule has 6 nitrogen and oxygen atoms in total. The van der Waals surface area contributed by atoms with Crippen molar-refractivity contribution < 1.29 is 18.9 Å². The SMILES string of the molecule is CC1OC1Oc1ccc(-c2ccc3c(c2)N(c2ccccc2)c2cccc4c2B3c2ccc(-c3ccc(OC5OC5C)cc3)cc2N4c2ccccc2)cc1. The largest absolute Gasteiger partial charge is 0.462 e. The van der Waals surface area contributed by atoms with Gasteiger partial charge in [0.15, 0.2) is 0 Å². The first-order valence-electron chi connectivity index (χ1n) is 19.0. The Morgan fingerprint density at radius 2 is 0.836 bits per heavy atom. The molecule has 0 bridgehead atoms. The van der Waals surface area contributed by atoms with Crippen LogP contribution < -0.4 is 35.7 Å². The maximum absolute atomic E-state index is 5.97. The van der Waals surface area contributed by atoms with Crippen molar-refractivity contribution in [2.24, 2.45) is 0 Å². The average molecular weight is 717 g/mol. The summed E-state index contributed by atoms with van der Waals surface area (Å²) in [4.78, 5) is 4.88. The van der Waals surface area contributed by atoms with Gasteiger partial charge in [0, 0.05) is 34.1 Å². The van der Waals surface area contributed by atoms with Crippen molar-refractivity contribution in [1.82, 2.24) is 0 Å². The molecule has 7 aromatic carbocycles. The predicted octanol–water partition coefficient (Wildman–Crippen LogP) is 9.35. The maximum Gasteiger partial charge on any atom is 0.252 e. The molecular formula is C48H37BN2O4. The number of rotatable bonds is 8. The molecule has 0 spiro atoms. The van der Waals surface area contributed by atoms with Crippen LogP contribution in [0.2, 0.25) is 0 Å². The lowest BCUT2D eigenvalue weighted by Crippen LogP contribution is -2.61. The van der Waals surface area contributed by atoms with Crippen molar-refractivity contribution in [3.05, 3.63) is 164 Å². The van der Waals surface area contributed by atoms with E-state index in [0.29, 0.717) is 0 Å². The number of hydrogen-bond donors (Lipinski definition) is 0. The molecule has 0 amide bonds. The van der Waals surface area contributed by atoms with Gasteiger partial charge in [-0.25, -0.2) is 0 Å². The molecule has 11 rings (SSSR count). The summed E-state index contributed by atoms with van der Waals surface area (Å²) in [7, 11) is 0. The molecule has 0 saturated carbocycles. The first-order chi connectivity index (χ1) is 27.1. The Morgan fingerprint density at radius 3 is 1.24 bits per heavy atom. The Kier molecular flexibility index (Phi) is 7.41. The highest BCUT2D eigenvalue weighted by Crippen LogP contribution is 2.45. The maximum atomic E-state index is 5.97.